The molecular formula is C15H20FN. The zero-order chi connectivity index (χ0) is 11.9. The summed E-state index contributed by atoms with van der Waals surface area (Å²) in [5.41, 5.74) is 7.48. The summed E-state index contributed by atoms with van der Waals surface area (Å²) in [6.45, 7) is 0.772. The molecule has 0 saturated heterocycles. The van der Waals surface area contributed by atoms with E-state index in [9.17, 15) is 4.39 Å². The first-order valence-corrected chi connectivity index (χ1v) is 6.73. The highest BCUT2D eigenvalue weighted by atomic mass is 19.1. The largest absolute Gasteiger partial charge is 0.330 e. The van der Waals surface area contributed by atoms with Gasteiger partial charge in [0, 0.05) is 5.41 Å². The van der Waals surface area contributed by atoms with Gasteiger partial charge >= 0.3 is 0 Å². The first-order chi connectivity index (χ1) is 8.27. The van der Waals surface area contributed by atoms with Crippen LogP contribution >= 0.6 is 0 Å². The zero-order valence-electron chi connectivity index (χ0n) is 10.2. The van der Waals surface area contributed by atoms with Gasteiger partial charge in [0.05, 0.1) is 0 Å². The van der Waals surface area contributed by atoms with Crippen LogP contribution in [0.3, 0.4) is 0 Å². The quantitative estimate of drug-likeness (QED) is 0.852. The van der Waals surface area contributed by atoms with Crippen molar-refractivity contribution in [3.05, 3.63) is 35.6 Å². The van der Waals surface area contributed by atoms with Gasteiger partial charge in [0.25, 0.3) is 0 Å². The van der Waals surface area contributed by atoms with Crippen LogP contribution in [0.15, 0.2) is 24.3 Å². The molecule has 0 heterocycles. The second-order valence-electron chi connectivity index (χ2n) is 5.67. The fourth-order valence-corrected chi connectivity index (χ4v) is 3.93. The molecule has 0 bridgehead atoms. The fourth-order valence-electron chi connectivity index (χ4n) is 3.93. The first kappa shape index (κ1) is 11.2. The number of benzene rings is 1. The van der Waals surface area contributed by atoms with Crippen LogP contribution in [0, 0.1) is 17.7 Å². The molecule has 0 spiro atoms. The standard InChI is InChI=1S/C15H20FN/c16-14-7-5-12(6-8-14)15(9-13(15)10-17)11-3-1-2-4-11/h5-8,11,13H,1-4,9-10,17H2/t13-,15?/m0/s1. The SMILES string of the molecule is NC[C@@H]1CC1(c1ccc(F)cc1)C1CCCC1. The number of hydrogen-bond donors (Lipinski definition) is 1. The van der Waals surface area contributed by atoms with Crippen LogP contribution < -0.4 is 5.73 Å². The highest BCUT2D eigenvalue weighted by molar-refractivity contribution is 5.36. The van der Waals surface area contributed by atoms with Crippen LogP contribution in [0.4, 0.5) is 4.39 Å². The van der Waals surface area contributed by atoms with Crippen LogP contribution in [0.1, 0.15) is 37.7 Å². The summed E-state index contributed by atoms with van der Waals surface area (Å²) < 4.78 is 13.0. The molecule has 0 aromatic heterocycles. The third-order valence-electron chi connectivity index (χ3n) is 4.90. The topological polar surface area (TPSA) is 26.0 Å². The summed E-state index contributed by atoms with van der Waals surface area (Å²) in [4.78, 5) is 0. The van der Waals surface area contributed by atoms with Gasteiger partial charge in [-0.05, 0) is 55.3 Å². The van der Waals surface area contributed by atoms with Crippen molar-refractivity contribution in [1.82, 2.24) is 0 Å². The Morgan fingerprint density at radius 3 is 2.35 bits per heavy atom. The molecule has 2 fully saturated rings. The Balaban J connectivity index is 1.92. The summed E-state index contributed by atoms with van der Waals surface area (Å²) in [5, 5.41) is 0. The van der Waals surface area contributed by atoms with E-state index in [4.69, 9.17) is 5.73 Å². The molecule has 3 rings (SSSR count). The minimum atomic E-state index is -0.139. The summed E-state index contributed by atoms with van der Waals surface area (Å²) in [6, 6.07) is 7.14. The third-order valence-corrected chi connectivity index (χ3v) is 4.90. The molecule has 1 aromatic rings. The number of nitrogens with two attached hydrogens (primary N) is 1. The Morgan fingerprint density at radius 1 is 1.18 bits per heavy atom. The summed E-state index contributed by atoms with van der Waals surface area (Å²) in [6.07, 6.45) is 6.57. The van der Waals surface area contributed by atoms with E-state index in [2.05, 4.69) is 0 Å². The molecule has 0 amide bonds. The van der Waals surface area contributed by atoms with Gasteiger partial charge in [0.15, 0.2) is 0 Å². The second kappa shape index (κ2) is 4.09. The molecule has 1 aromatic carbocycles. The molecule has 2 N–H and O–H groups in total. The van der Waals surface area contributed by atoms with Crippen molar-refractivity contribution >= 4 is 0 Å². The van der Waals surface area contributed by atoms with E-state index in [1.54, 1.807) is 12.1 Å². The summed E-state index contributed by atoms with van der Waals surface area (Å²) >= 11 is 0. The number of rotatable bonds is 3. The van der Waals surface area contributed by atoms with Crippen LogP contribution in [0.2, 0.25) is 0 Å². The molecule has 2 aliphatic rings. The second-order valence-corrected chi connectivity index (χ2v) is 5.67. The molecule has 2 saturated carbocycles. The van der Waals surface area contributed by atoms with E-state index in [1.165, 1.54) is 37.7 Å². The summed E-state index contributed by atoms with van der Waals surface area (Å²) in [5.74, 6) is 1.26. The number of halogens is 1. The lowest BCUT2D eigenvalue weighted by molar-refractivity contribution is 0.385. The monoisotopic (exact) mass is 233 g/mol. The maximum atomic E-state index is 13.0. The Labute approximate surface area is 102 Å². The van der Waals surface area contributed by atoms with E-state index in [0.717, 1.165) is 12.5 Å². The van der Waals surface area contributed by atoms with E-state index in [1.807, 2.05) is 12.1 Å². The van der Waals surface area contributed by atoms with Crippen LogP contribution in [-0.4, -0.2) is 6.54 Å². The van der Waals surface area contributed by atoms with Gasteiger partial charge in [-0.25, -0.2) is 4.39 Å². The lowest BCUT2D eigenvalue weighted by atomic mass is 9.79. The van der Waals surface area contributed by atoms with Crippen molar-refractivity contribution in [2.24, 2.45) is 17.6 Å². The molecule has 1 nitrogen and oxygen atoms in total. The van der Waals surface area contributed by atoms with Crippen LogP contribution in [0.25, 0.3) is 0 Å². The van der Waals surface area contributed by atoms with Gasteiger partial charge in [-0.1, -0.05) is 25.0 Å². The smallest absolute Gasteiger partial charge is 0.123 e. The maximum Gasteiger partial charge on any atom is 0.123 e. The Morgan fingerprint density at radius 2 is 1.82 bits per heavy atom. The molecule has 1 unspecified atom stereocenters. The first-order valence-electron chi connectivity index (χ1n) is 6.73. The summed E-state index contributed by atoms with van der Waals surface area (Å²) in [7, 11) is 0. The van der Waals surface area contributed by atoms with Crippen molar-refractivity contribution in [2.45, 2.75) is 37.5 Å². The normalized spacial score (nSPS) is 32.9. The molecular weight excluding hydrogens is 213 g/mol. The van der Waals surface area contributed by atoms with Gasteiger partial charge in [-0.3, -0.25) is 0 Å². The minimum absolute atomic E-state index is 0.139. The minimum Gasteiger partial charge on any atom is -0.330 e. The average molecular weight is 233 g/mol. The van der Waals surface area contributed by atoms with Crippen molar-refractivity contribution in [1.29, 1.82) is 0 Å². The Bertz CT molecular complexity index is 394. The predicted molar refractivity (Wildman–Crippen MR) is 67.2 cm³/mol. The van der Waals surface area contributed by atoms with E-state index in [0.29, 0.717) is 11.3 Å². The predicted octanol–water partition coefficient (Wildman–Crippen LogP) is 3.23. The molecule has 2 atom stereocenters. The van der Waals surface area contributed by atoms with Gasteiger partial charge in [0.1, 0.15) is 5.82 Å². The molecule has 2 aliphatic carbocycles. The lowest BCUT2D eigenvalue weighted by Gasteiger charge is -2.25. The highest BCUT2D eigenvalue weighted by Gasteiger charge is 2.58. The van der Waals surface area contributed by atoms with Crippen molar-refractivity contribution in [3.8, 4) is 0 Å². The van der Waals surface area contributed by atoms with Crippen molar-refractivity contribution < 1.29 is 4.39 Å². The zero-order valence-corrected chi connectivity index (χ0v) is 10.2. The van der Waals surface area contributed by atoms with Crippen LogP contribution in [0.5, 0.6) is 0 Å². The fraction of sp³-hybridized carbons (Fsp3) is 0.600. The van der Waals surface area contributed by atoms with Gasteiger partial charge < -0.3 is 5.73 Å². The average Bonchev–Trinajstić information content (AvgIpc) is 2.84. The van der Waals surface area contributed by atoms with Crippen LogP contribution in [-0.2, 0) is 5.41 Å². The van der Waals surface area contributed by atoms with Gasteiger partial charge in [-0.2, -0.15) is 0 Å². The molecule has 2 heteroatoms. The molecule has 0 aliphatic heterocycles. The Kier molecular flexibility index (Phi) is 2.70. The number of hydrogen-bond acceptors (Lipinski definition) is 1. The van der Waals surface area contributed by atoms with E-state index in [-0.39, 0.29) is 5.82 Å². The Hall–Kier alpha value is -0.890. The lowest BCUT2D eigenvalue weighted by Crippen LogP contribution is -2.23. The third kappa shape index (κ3) is 1.70. The van der Waals surface area contributed by atoms with Crippen molar-refractivity contribution in [3.63, 3.8) is 0 Å². The van der Waals surface area contributed by atoms with Gasteiger partial charge in [-0.15, -0.1) is 0 Å². The maximum absolute atomic E-state index is 13.0. The molecule has 0 radical (unpaired) electrons. The van der Waals surface area contributed by atoms with Gasteiger partial charge in [0.2, 0.25) is 0 Å². The molecule has 17 heavy (non-hydrogen) atoms. The van der Waals surface area contributed by atoms with E-state index < -0.39 is 0 Å². The van der Waals surface area contributed by atoms with E-state index >= 15 is 0 Å². The van der Waals surface area contributed by atoms with Crippen molar-refractivity contribution in [2.75, 3.05) is 6.54 Å². The highest BCUT2D eigenvalue weighted by Crippen LogP contribution is 2.62. The molecule has 92 valence electrons.